The number of nitrogens with zero attached hydrogens (tertiary/aromatic N) is 1. The quantitative estimate of drug-likeness (QED) is 0.419. The molecule has 180 valence electrons. The molecule has 1 amide bonds. The number of likely N-dealkylation sites (N-methyl/N-ethyl adjacent to an activating group) is 1. The molecule has 0 saturated carbocycles. The van der Waals surface area contributed by atoms with E-state index in [9.17, 15) is 22.4 Å². The number of hydrogen-bond acceptors (Lipinski definition) is 3. The molecule has 2 N–H and O–H groups in total. The summed E-state index contributed by atoms with van der Waals surface area (Å²) >= 11 is 0. The molecule has 0 fully saturated rings. The highest BCUT2D eigenvalue weighted by Gasteiger charge is 2.32. The maximum atomic E-state index is 13.9. The third kappa shape index (κ3) is 6.41. The highest BCUT2D eigenvalue weighted by molar-refractivity contribution is 5.83. The first-order chi connectivity index (χ1) is 16.1. The van der Waals surface area contributed by atoms with Gasteiger partial charge in [0.25, 0.3) is 0 Å². The number of aryl methyl sites for hydroxylation is 3. The van der Waals surface area contributed by atoms with E-state index in [2.05, 4.69) is 15.6 Å². The molecular formula is C26H27F4N3O. The zero-order chi connectivity index (χ0) is 24.9. The lowest BCUT2D eigenvalue weighted by Crippen LogP contribution is -2.38. The molecule has 1 heterocycles. The monoisotopic (exact) mass is 473 g/mol. The lowest BCUT2D eigenvalue weighted by Gasteiger charge is -2.26. The maximum absolute atomic E-state index is 13.9. The Morgan fingerprint density at radius 1 is 1.00 bits per heavy atom. The third-order valence-corrected chi connectivity index (χ3v) is 5.71. The number of hydrogen-bond donors (Lipinski definition) is 2. The number of carbonyl (C=O) groups is 1. The smallest absolute Gasteiger partial charge is 0.358 e. The van der Waals surface area contributed by atoms with E-state index in [4.69, 9.17) is 0 Å². The zero-order valence-electron chi connectivity index (χ0n) is 19.2. The van der Waals surface area contributed by atoms with Gasteiger partial charge in [0, 0.05) is 19.3 Å². The lowest BCUT2D eigenvalue weighted by molar-refractivity contribution is -0.141. The largest absolute Gasteiger partial charge is 0.433 e. The van der Waals surface area contributed by atoms with Crippen molar-refractivity contribution in [2.24, 2.45) is 0 Å². The fourth-order valence-corrected chi connectivity index (χ4v) is 3.71. The van der Waals surface area contributed by atoms with Crippen LogP contribution < -0.4 is 10.6 Å². The number of nitrogens with one attached hydrogen (secondary N) is 2. The molecule has 0 saturated heterocycles. The van der Waals surface area contributed by atoms with E-state index >= 15 is 0 Å². The Morgan fingerprint density at radius 3 is 2.24 bits per heavy atom. The Balaban J connectivity index is 1.88. The second kappa shape index (κ2) is 10.8. The number of amides is 1. The summed E-state index contributed by atoms with van der Waals surface area (Å²) in [5.41, 5.74) is 2.75. The molecule has 0 spiro atoms. The highest BCUT2D eigenvalue weighted by Crippen LogP contribution is 2.29. The first kappa shape index (κ1) is 25.4. The topological polar surface area (TPSA) is 54.0 Å². The van der Waals surface area contributed by atoms with Crippen molar-refractivity contribution in [2.45, 2.75) is 44.9 Å². The van der Waals surface area contributed by atoms with Crippen LogP contribution in [0.1, 0.15) is 52.0 Å². The van der Waals surface area contributed by atoms with Crippen LogP contribution in [-0.4, -0.2) is 17.9 Å². The van der Waals surface area contributed by atoms with Crippen LogP contribution in [0.4, 0.5) is 17.6 Å². The van der Waals surface area contributed by atoms with Crippen LogP contribution in [0.3, 0.4) is 0 Å². The first-order valence-corrected chi connectivity index (χ1v) is 10.9. The molecule has 0 aliphatic heterocycles. The van der Waals surface area contributed by atoms with Gasteiger partial charge in [-0.1, -0.05) is 48.0 Å². The Hall–Kier alpha value is -3.26. The van der Waals surface area contributed by atoms with Gasteiger partial charge >= 0.3 is 6.18 Å². The van der Waals surface area contributed by atoms with Gasteiger partial charge in [-0.25, -0.2) is 4.39 Å². The molecule has 0 aliphatic carbocycles. The summed E-state index contributed by atoms with van der Waals surface area (Å²) in [5, 5.41) is 6.05. The first-order valence-electron chi connectivity index (χ1n) is 10.9. The van der Waals surface area contributed by atoms with Crippen LogP contribution in [0.15, 0.2) is 60.8 Å². The number of carbonyl (C=O) groups excluding carboxylic acids is 1. The summed E-state index contributed by atoms with van der Waals surface area (Å²) in [5.74, 6) is -0.570. The van der Waals surface area contributed by atoms with E-state index in [1.54, 1.807) is 26.1 Å². The summed E-state index contributed by atoms with van der Waals surface area (Å²) in [4.78, 5) is 16.3. The molecule has 3 rings (SSSR count). The molecule has 8 heteroatoms. The Kier molecular flexibility index (Phi) is 8.04. The minimum atomic E-state index is -4.50. The molecule has 2 atom stereocenters. The molecule has 1 aromatic heterocycles. The summed E-state index contributed by atoms with van der Waals surface area (Å²) in [6.07, 6.45) is -2.42. The minimum Gasteiger partial charge on any atom is -0.358 e. The maximum Gasteiger partial charge on any atom is 0.433 e. The van der Waals surface area contributed by atoms with E-state index in [1.807, 2.05) is 31.2 Å². The third-order valence-electron chi connectivity index (χ3n) is 5.71. The highest BCUT2D eigenvalue weighted by atomic mass is 19.4. The van der Waals surface area contributed by atoms with Crippen molar-refractivity contribution in [1.29, 1.82) is 0 Å². The van der Waals surface area contributed by atoms with Crippen LogP contribution in [0.5, 0.6) is 0 Å². The Morgan fingerprint density at radius 2 is 1.68 bits per heavy atom. The summed E-state index contributed by atoms with van der Waals surface area (Å²) < 4.78 is 52.4. The van der Waals surface area contributed by atoms with Crippen molar-refractivity contribution in [2.75, 3.05) is 7.05 Å². The van der Waals surface area contributed by atoms with Crippen LogP contribution in [0, 0.1) is 19.7 Å². The molecule has 4 nitrogen and oxygen atoms in total. The van der Waals surface area contributed by atoms with Gasteiger partial charge in [-0.15, -0.1) is 0 Å². The van der Waals surface area contributed by atoms with Gasteiger partial charge in [-0.2, -0.15) is 13.2 Å². The van der Waals surface area contributed by atoms with Gasteiger partial charge in [-0.3, -0.25) is 15.1 Å². The summed E-state index contributed by atoms with van der Waals surface area (Å²) in [6, 6.07) is 13.6. The van der Waals surface area contributed by atoms with Crippen molar-refractivity contribution >= 4 is 5.91 Å². The fourth-order valence-electron chi connectivity index (χ4n) is 3.71. The van der Waals surface area contributed by atoms with Crippen LogP contribution in [0.25, 0.3) is 0 Å². The average molecular weight is 474 g/mol. The standard InChI is InChI=1S/C26H27F4N3O/c1-16-4-8-19(9-5-16)24(25(34)31-3)33-22(20-10-11-21(27)17(2)14-20)12-6-18-7-13-23(32-15-18)26(28,29)30/h4-5,7-11,13-15,22,24,33H,6,12H2,1-3H3,(H,31,34)/t22-,24?/m0/s1. The second-order valence-corrected chi connectivity index (χ2v) is 8.27. The molecule has 0 radical (unpaired) electrons. The second-order valence-electron chi connectivity index (χ2n) is 8.27. The van der Waals surface area contributed by atoms with E-state index in [-0.39, 0.29) is 17.8 Å². The molecule has 34 heavy (non-hydrogen) atoms. The van der Waals surface area contributed by atoms with E-state index < -0.39 is 17.9 Å². The van der Waals surface area contributed by atoms with Crippen molar-refractivity contribution < 1.29 is 22.4 Å². The van der Waals surface area contributed by atoms with Gasteiger partial charge in [-0.05, 0) is 61.1 Å². The zero-order valence-corrected chi connectivity index (χ0v) is 19.2. The average Bonchev–Trinajstić information content (AvgIpc) is 2.81. The number of aromatic nitrogens is 1. The summed E-state index contributed by atoms with van der Waals surface area (Å²) in [7, 11) is 1.55. The van der Waals surface area contributed by atoms with Gasteiger partial charge in [0.15, 0.2) is 0 Å². The molecule has 0 bridgehead atoms. The number of alkyl halides is 3. The molecular weight excluding hydrogens is 446 g/mol. The lowest BCUT2D eigenvalue weighted by atomic mass is 9.95. The van der Waals surface area contributed by atoms with Crippen LogP contribution in [0.2, 0.25) is 0 Å². The molecule has 2 aromatic carbocycles. The predicted molar refractivity (Wildman–Crippen MR) is 123 cm³/mol. The normalized spacial score (nSPS) is 13.4. The predicted octanol–water partition coefficient (Wildman–Crippen LogP) is 5.61. The van der Waals surface area contributed by atoms with E-state index in [0.717, 1.165) is 22.8 Å². The number of rotatable bonds is 8. The number of halogens is 4. The molecule has 1 unspecified atom stereocenters. The fraction of sp³-hybridized carbons (Fsp3) is 0.308. The minimum absolute atomic E-state index is 0.233. The van der Waals surface area contributed by atoms with Crippen LogP contribution >= 0.6 is 0 Å². The Bertz CT molecular complexity index is 1110. The number of pyridine rings is 1. The Labute approximate surface area is 196 Å². The van der Waals surface area contributed by atoms with E-state index in [0.29, 0.717) is 24.0 Å². The van der Waals surface area contributed by atoms with Gasteiger partial charge < -0.3 is 5.32 Å². The van der Waals surface area contributed by atoms with Crippen LogP contribution in [-0.2, 0) is 17.4 Å². The van der Waals surface area contributed by atoms with Gasteiger partial charge in [0.1, 0.15) is 17.6 Å². The van der Waals surface area contributed by atoms with Gasteiger partial charge in [0.2, 0.25) is 5.91 Å². The van der Waals surface area contributed by atoms with Crippen molar-refractivity contribution in [3.05, 3.63) is 100 Å². The molecule has 3 aromatic rings. The van der Waals surface area contributed by atoms with E-state index in [1.165, 1.54) is 18.3 Å². The van der Waals surface area contributed by atoms with Crippen molar-refractivity contribution in [3.63, 3.8) is 0 Å². The van der Waals surface area contributed by atoms with Gasteiger partial charge in [0.05, 0.1) is 0 Å². The number of benzene rings is 2. The molecule has 0 aliphatic rings. The summed E-state index contributed by atoms with van der Waals surface area (Å²) in [6.45, 7) is 3.61. The van der Waals surface area contributed by atoms with Crippen molar-refractivity contribution in [1.82, 2.24) is 15.6 Å². The van der Waals surface area contributed by atoms with Crippen molar-refractivity contribution in [3.8, 4) is 0 Å². The SMILES string of the molecule is CNC(=O)C(N[C@@H](CCc1ccc(C(F)(F)F)nc1)c1ccc(F)c(C)c1)c1ccc(C)cc1.